The molecule has 3 aromatic rings. The molecule has 2 heterocycles. The van der Waals surface area contributed by atoms with E-state index < -0.39 is 15.6 Å². The Hall–Kier alpha value is -4.13. The fourth-order valence-corrected chi connectivity index (χ4v) is 4.05. The van der Waals surface area contributed by atoms with E-state index in [1.165, 1.54) is 39.9 Å². The molecule has 1 aliphatic carbocycles. The predicted octanol–water partition coefficient (Wildman–Crippen LogP) is 2.48. The molecule has 4 rings (SSSR count). The fraction of sp³-hybridized carbons (Fsp3) is 0.304. The van der Waals surface area contributed by atoms with Crippen LogP contribution in [0.25, 0.3) is 11.4 Å². The van der Waals surface area contributed by atoms with Gasteiger partial charge in [0.15, 0.2) is 23.1 Å². The quantitative estimate of drug-likeness (QED) is 0.413. The summed E-state index contributed by atoms with van der Waals surface area (Å²) in [6.07, 6.45) is 6.16. The number of hydrogen-bond donors (Lipinski definition) is 3. The van der Waals surface area contributed by atoms with Crippen molar-refractivity contribution in [3.05, 3.63) is 42.4 Å². The second kappa shape index (κ2) is 10.2. The molecule has 1 atom stereocenters. The van der Waals surface area contributed by atoms with Gasteiger partial charge in [-0.05, 0) is 25.0 Å². The van der Waals surface area contributed by atoms with Gasteiger partial charge < -0.3 is 20.7 Å². The Morgan fingerprint density at radius 2 is 1.86 bits per heavy atom. The molecule has 2 amide bonds. The van der Waals surface area contributed by atoms with E-state index in [2.05, 4.69) is 40.5 Å². The third kappa shape index (κ3) is 5.25. The van der Waals surface area contributed by atoms with Crippen molar-refractivity contribution >= 4 is 38.7 Å². The molecule has 13 heteroatoms. The summed E-state index contributed by atoms with van der Waals surface area (Å²) in [7, 11) is 1.90. The fourth-order valence-electron chi connectivity index (χ4n) is 3.34. The molecule has 0 aliphatic heterocycles. The zero-order valence-electron chi connectivity index (χ0n) is 20.2. The molecule has 0 bridgehead atoms. The number of methoxy groups -OCH3 is 1. The Kier molecular flexibility index (Phi) is 7.10. The van der Waals surface area contributed by atoms with Gasteiger partial charge in [0.2, 0.25) is 5.91 Å². The van der Waals surface area contributed by atoms with Crippen LogP contribution in [0.5, 0.6) is 5.75 Å². The number of benzene rings is 1. The van der Waals surface area contributed by atoms with Gasteiger partial charge in [-0.2, -0.15) is 0 Å². The van der Waals surface area contributed by atoms with Gasteiger partial charge in [-0.25, -0.2) is 18.5 Å². The average Bonchev–Trinajstić information content (AvgIpc) is 3.74. The van der Waals surface area contributed by atoms with Crippen LogP contribution in [-0.2, 0) is 14.5 Å². The second-order valence-electron chi connectivity index (χ2n) is 8.07. The number of rotatable bonds is 8. The van der Waals surface area contributed by atoms with Crippen molar-refractivity contribution in [1.82, 2.24) is 25.5 Å². The summed E-state index contributed by atoms with van der Waals surface area (Å²) in [5, 5.41) is 16.4. The van der Waals surface area contributed by atoms with E-state index in [0.717, 1.165) is 12.8 Å². The molecule has 3 N–H and O–H groups in total. The van der Waals surface area contributed by atoms with Crippen molar-refractivity contribution in [2.45, 2.75) is 17.7 Å². The number of amides is 2. The summed E-state index contributed by atoms with van der Waals surface area (Å²) < 4.78 is 22.0. The predicted molar refractivity (Wildman–Crippen MR) is 135 cm³/mol. The smallest absolute Gasteiger partial charge is 0.273 e. The van der Waals surface area contributed by atoms with Crippen LogP contribution in [0.2, 0.25) is 0 Å². The highest BCUT2D eigenvalue weighted by Crippen LogP contribution is 2.37. The first-order chi connectivity index (χ1) is 17.3. The average molecular weight is 511 g/mol. The van der Waals surface area contributed by atoms with Crippen LogP contribution in [-0.4, -0.2) is 63.6 Å². The summed E-state index contributed by atoms with van der Waals surface area (Å²) in [4.78, 5) is 33.8. The summed E-state index contributed by atoms with van der Waals surface area (Å²) >= 11 is 0. The van der Waals surface area contributed by atoms with Gasteiger partial charge in [-0.3, -0.25) is 9.59 Å². The largest absolute Gasteiger partial charge is 0.494 e. The van der Waals surface area contributed by atoms with Gasteiger partial charge >= 0.3 is 0 Å². The molecule has 1 aromatic carbocycles. The number of para-hydroxylation sites is 1. The Bertz CT molecular complexity index is 1430. The monoisotopic (exact) mass is 510 g/mol. The van der Waals surface area contributed by atoms with Gasteiger partial charge in [-0.15, -0.1) is 10.2 Å². The lowest BCUT2D eigenvalue weighted by Crippen LogP contribution is -2.22. The van der Waals surface area contributed by atoms with E-state index >= 15 is 0 Å². The van der Waals surface area contributed by atoms with Gasteiger partial charge in [0.25, 0.3) is 5.91 Å². The zero-order valence-corrected chi connectivity index (χ0v) is 21.0. The second-order valence-corrected chi connectivity index (χ2v) is 10.5. The van der Waals surface area contributed by atoms with Crippen LogP contribution in [0, 0.1) is 5.92 Å². The lowest BCUT2D eigenvalue weighted by Gasteiger charge is -2.16. The van der Waals surface area contributed by atoms with Gasteiger partial charge in [-0.1, -0.05) is 6.07 Å². The minimum Gasteiger partial charge on any atom is -0.494 e. The number of hydrogen-bond acceptors (Lipinski definition) is 10. The number of aromatic nitrogens is 4. The number of ether oxygens (including phenoxy) is 1. The van der Waals surface area contributed by atoms with E-state index in [1.807, 2.05) is 0 Å². The van der Waals surface area contributed by atoms with E-state index in [4.69, 9.17) is 4.74 Å². The lowest BCUT2D eigenvalue weighted by atomic mass is 10.1. The van der Waals surface area contributed by atoms with Crippen LogP contribution in [0.1, 0.15) is 23.3 Å². The van der Waals surface area contributed by atoms with Crippen molar-refractivity contribution in [2.75, 3.05) is 38.1 Å². The van der Waals surface area contributed by atoms with Crippen molar-refractivity contribution in [2.24, 2.45) is 10.3 Å². The molecule has 1 fully saturated rings. The molecule has 1 aliphatic rings. The maximum absolute atomic E-state index is 12.5. The Morgan fingerprint density at radius 1 is 1.14 bits per heavy atom. The minimum atomic E-state index is -2.57. The number of nitrogens with one attached hydrogen (secondary N) is 3. The summed E-state index contributed by atoms with van der Waals surface area (Å²) in [6, 6.07) is 6.84. The molecular formula is C23H26N8O4S. The van der Waals surface area contributed by atoms with E-state index in [1.54, 1.807) is 24.3 Å². The molecule has 1 unspecified atom stereocenters. The molecule has 36 heavy (non-hydrogen) atoms. The standard InChI is InChI=1S/C23H26N8O4S/c1-24-23(33)19-17(10-18(30-31-19)29-22(32)13-8-9-13)28-16-7-5-6-15(20(16)35-3)21-26-11-14(12-27-21)36(4,34)25-2/h5-7,10-13H,8-9H2,1-4H3,(H,24,33)(H2,28,29,30,32). The van der Waals surface area contributed by atoms with E-state index in [9.17, 15) is 13.8 Å². The molecule has 0 radical (unpaired) electrons. The normalized spacial score (nSPS) is 14.3. The maximum atomic E-state index is 12.5. The number of anilines is 3. The zero-order chi connectivity index (χ0) is 25.9. The topological polar surface area (TPSA) is 160 Å². The van der Waals surface area contributed by atoms with Crippen LogP contribution in [0.15, 0.2) is 45.9 Å². The highest BCUT2D eigenvalue weighted by molar-refractivity contribution is 7.93. The summed E-state index contributed by atoms with van der Waals surface area (Å²) in [5.41, 5.74) is 1.42. The lowest BCUT2D eigenvalue weighted by molar-refractivity contribution is -0.117. The Labute approximate surface area is 208 Å². The van der Waals surface area contributed by atoms with Crippen LogP contribution in [0.3, 0.4) is 0 Å². The van der Waals surface area contributed by atoms with Crippen molar-refractivity contribution in [1.29, 1.82) is 0 Å². The highest BCUT2D eigenvalue weighted by Gasteiger charge is 2.30. The SMILES string of the molecule is CN=S(C)(=O)c1cnc(-c2cccc(Nc3cc(NC(=O)C4CC4)nnc3C(=O)NC)c2OC)nc1. The molecule has 188 valence electrons. The molecule has 0 spiro atoms. The molecule has 0 saturated heterocycles. The van der Waals surface area contributed by atoms with Gasteiger partial charge in [0, 0.05) is 44.7 Å². The van der Waals surface area contributed by atoms with Crippen LogP contribution in [0.4, 0.5) is 17.2 Å². The van der Waals surface area contributed by atoms with E-state index in [0.29, 0.717) is 33.4 Å². The number of nitrogens with zero attached hydrogens (tertiary/aromatic N) is 5. The Balaban J connectivity index is 1.71. The summed E-state index contributed by atoms with van der Waals surface area (Å²) in [6.45, 7) is 0. The van der Waals surface area contributed by atoms with Crippen LogP contribution < -0.4 is 20.7 Å². The highest BCUT2D eigenvalue weighted by atomic mass is 32.2. The first-order valence-corrected chi connectivity index (χ1v) is 13.0. The van der Waals surface area contributed by atoms with Crippen LogP contribution >= 0.6 is 0 Å². The molecular weight excluding hydrogens is 484 g/mol. The molecule has 2 aromatic heterocycles. The van der Waals surface area contributed by atoms with Crippen molar-refractivity contribution in [3.63, 3.8) is 0 Å². The first-order valence-electron chi connectivity index (χ1n) is 11.0. The summed E-state index contributed by atoms with van der Waals surface area (Å²) in [5.74, 6) is 0.379. The van der Waals surface area contributed by atoms with Crippen molar-refractivity contribution < 1.29 is 18.5 Å². The molecule has 12 nitrogen and oxygen atoms in total. The third-order valence-corrected chi connectivity index (χ3v) is 7.36. The number of carbonyl (C=O) groups is 2. The van der Waals surface area contributed by atoms with Gasteiger partial charge in [0.05, 0.1) is 38.7 Å². The van der Waals surface area contributed by atoms with E-state index in [-0.39, 0.29) is 23.3 Å². The minimum absolute atomic E-state index is 0.0166. The van der Waals surface area contributed by atoms with Crippen molar-refractivity contribution in [3.8, 4) is 17.1 Å². The third-order valence-electron chi connectivity index (χ3n) is 5.58. The Morgan fingerprint density at radius 3 is 2.47 bits per heavy atom. The van der Waals surface area contributed by atoms with Gasteiger partial charge in [0.1, 0.15) is 0 Å². The molecule has 1 saturated carbocycles. The maximum Gasteiger partial charge on any atom is 0.273 e. The number of carbonyl (C=O) groups excluding carboxylic acids is 2. The first kappa shape index (κ1) is 25.0.